The van der Waals surface area contributed by atoms with Crippen molar-refractivity contribution in [3.8, 4) is 11.3 Å². The lowest BCUT2D eigenvalue weighted by Gasteiger charge is -2.07. The summed E-state index contributed by atoms with van der Waals surface area (Å²) in [5.74, 6) is -0.0360. The monoisotopic (exact) mass is 336 g/mol. The maximum absolute atomic E-state index is 12.3. The molecule has 0 radical (unpaired) electrons. The number of para-hydroxylation sites is 1. The van der Waals surface area contributed by atoms with E-state index < -0.39 is 0 Å². The number of carbonyl (C=O) groups excluding carboxylic acids is 1. The first kappa shape index (κ1) is 16.4. The van der Waals surface area contributed by atoms with E-state index in [0.29, 0.717) is 6.42 Å². The van der Waals surface area contributed by atoms with Crippen LogP contribution in [0.25, 0.3) is 11.3 Å². The first-order valence-electron chi connectivity index (χ1n) is 7.90. The van der Waals surface area contributed by atoms with Crippen LogP contribution in [0.3, 0.4) is 0 Å². The number of anilines is 1. The molecule has 3 nitrogen and oxygen atoms in total. The Morgan fingerprint density at radius 3 is 2.67 bits per heavy atom. The zero-order valence-corrected chi connectivity index (χ0v) is 14.9. The summed E-state index contributed by atoms with van der Waals surface area (Å²) in [4.78, 5) is 16.9. The van der Waals surface area contributed by atoms with Crippen LogP contribution < -0.4 is 5.32 Å². The molecular formula is C20H20N2OS. The summed E-state index contributed by atoms with van der Waals surface area (Å²) in [6.45, 7) is 6.14. The van der Waals surface area contributed by atoms with Gasteiger partial charge in [0.05, 0.1) is 12.1 Å². The standard InChI is InChI=1S/C20H20N2OS/c1-13-8-9-14(2)16(10-13)18-12-24-20(22-18)11-19(23)21-17-7-5-4-6-15(17)3/h4-10,12H,11H2,1-3H3,(H,21,23). The number of nitrogens with zero attached hydrogens (tertiary/aromatic N) is 1. The van der Waals surface area contributed by atoms with Crippen molar-refractivity contribution in [1.29, 1.82) is 0 Å². The number of aryl methyl sites for hydroxylation is 3. The number of hydrogen-bond donors (Lipinski definition) is 1. The molecule has 0 saturated heterocycles. The fraction of sp³-hybridized carbons (Fsp3) is 0.200. The van der Waals surface area contributed by atoms with E-state index >= 15 is 0 Å². The van der Waals surface area contributed by atoms with E-state index in [1.165, 1.54) is 22.5 Å². The van der Waals surface area contributed by atoms with Crippen LogP contribution in [-0.2, 0) is 11.2 Å². The lowest BCUT2D eigenvalue weighted by Crippen LogP contribution is -2.14. The van der Waals surface area contributed by atoms with E-state index in [1.807, 2.05) is 36.6 Å². The Morgan fingerprint density at radius 1 is 1.08 bits per heavy atom. The highest BCUT2D eigenvalue weighted by Gasteiger charge is 2.11. The summed E-state index contributed by atoms with van der Waals surface area (Å²) in [7, 11) is 0. The Morgan fingerprint density at radius 2 is 1.88 bits per heavy atom. The summed E-state index contributed by atoms with van der Waals surface area (Å²) >= 11 is 1.53. The van der Waals surface area contributed by atoms with E-state index in [0.717, 1.165) is 27.5 Å². The van der Waals surface area contributed by atoms with Crippen LogP contribution in [0.1, 0.15) is 21.7 Å². The van der Waals surface area contributed by atoms with E-state index in [2.05, 4.69) is 42.3 Å². The first-order chi connectivity index (χ1) is 11.5. The number of rotatable bonds is 4. The second-order valence-corrected chi connectivity index (χ2v) is 6.93. The van der Waals surface area contributed by atoms with E-state index in [1.54, 1.807) is 0 Å². The quantitative estimate of drug-likeness (QED) is 0.735. The second kappa shape index (κ2) is 6.97. The van der Waals surface area contributed by atoms with Gasteiger partial charge in [-0.1, -0.05) is 35.9 Å². The third-order valence-electron chi connectivity index (χ3n) is 3.95. The molecule has 0 aliphatic carbocycles. The summed E-state index contributed by atoms with van der Waals surface area (Å²) in [6, 6.07) is 14.1. The van der Waals surface area contributed by atoms with Gasteiger partial charge in [-0.05, 0) is 44.0 Å². The van der Waals surface area contributed by atoms with Crippen LogP contribution in [0.5, 0.6) is 0 Å². The maximum atomic E-state index is 12.3. The Hall–Kier alpha value is -2.46. The minimum Gasteiger partial charge on any atom is -0.325 e. The SMILES string of the molecule is Cc1ccc(C)c(-c2csc(CC(=O)Nc3ccccc3C)n2)c1. The van der Waals surface area contributed by atoms with Crippen LogP contribution in [-0.4, -0.2) is 10.9 Å². The normalized spacial score (nSPS) is 10.6. The third kappa shape index (κ3) is 3.71. The maximum Gasteiger partial charge on any atom is 0.231 e. The molecule has 0 bridgehead atoms. The lowest BCUT2D eigenvalue weighted by atomic mass is 10.0. The molecule has 1 N–H and O–H groups in total. The van der Waals surface area contributed by atoms with Gasteiger partial charge < -0.3 is 5.32 Å². The molecule has 0 fully saturated rings. The van der Waals surface area contributed by atoms with Gasteiger partial charge in [-0.3, -0.25) is 4.79 Å². The average Bonchev–Trinajstić information content (AvgIpc) is 3.00. The van der Waals surface area contributed by atoms with Gasteiger partial charge in [0.1, 0.15) is 5.01 Å². The van der Waals surface area contributed by atoms with Crippen LogP contribution in [0.15, 0.2) is 47.8 Å². The fourth-order valence-corrected chi connectivity index (χ4v) is 3.37. The molecule has 2 aromatic carbocycles. The van der Waals surface area contributed by atoms with Crippen LogP contribution in [0.4, 0.5) is 5.69 Å². The summed E-state index contributed by atoms with van der Waals surface area (Å²) in [5.41, 5.74) is 6.40. The molecule has 122 valence electrons. The number of nitrogens with one attached hydrogen (secondary N) is 1. The number of carbonyl (C=O) groups is 1. The number of thiazole rings is 1. The summed E-state index contributed by atoms with van der Waals surface area (Å²) in [6.07, 6.45) is 0.296. The van der Waals surface area contributed by atoms with Gasteiger partial charge in [0.2, 0.25) is 5.91 Å². The molecule has 4 heteroatoms. The molecule has 0 unspecified atom stereocenters. The first-order valence-corrected chi connectivity index (χ1v) is 8.78. The molecule has 1 aromatic heterocycles. The largest absolute Gasteiger partial charge is 0.325 e. The Balaban J connectivity index is 1.73. The molecule has 3 rings (SSSR count). The van der Waals surface area contributed by atoms with Crippen molar-refractivity contribution in [2.75, 3.05) is 5.32 Å². The van der Waals surface area contributed by atoms with Gasteiger partial charge in [0.25, 0.3) is 0 Å². The van der Waals surface area contributed by atoms with Crippen LogP contribution >= 0.6 is 11.3 Å². The van der Waals surface area contributed by atoms with Gasteiger partial charge in [0.15, 0.2) is 0 Å². The van der Waals surface area contributed by atoms with Gasteiger partial charge >= 0.3 is 0 Å². The van der Waals surface area contributed by atoms with Crippen LogP contribution in [0, 0.1) is 20.8 Å². The van der Waals surface area contributed by atoms with Crippen molar-refractivity contribution < 1.29 is 4.79 Å². The minimum atomic E-state index is -0.0360. The van der Waals surface area contributed by atoms with Crippen molar-refractivity contribution in [2.45, 2.75) is 27.2 Å². The molecule has 0 atom stereocenters. The van der Waals surface area contributed by atoms with Crippen molar-refractivity contribution in [2.24, 2.45) is 0 Å². The highest BCUT2D eigenvalue weighted by Crippen LogP contribution is 2.26. The number of hydrogen-bond acceptors (Lipinski definition) is 3. The second-order valence-electron chi connectivity index (χ2n) is 5.98. The van der Waals surface area contributed by atoms with E-state index in [9.17, 15) is 4.79 Å². The Labute approximate surface area is 146 Å². The zero-order valence-electron chi connectivity index (χ0n) is 14.1. The molecule has 1 amide bonds. The lowest BCUT2D eigenvalue weighted by molar-refractivity contribution is -0.115. The fourth-order valence-electron chi connectivity index (χ4n) is 2.57. The molecule has 0 aliphatic heterocycles. The van der Waals surface area contributed by atoms with E-state index in [-0.39, 0.29) is 5.91 Å². The third-order valence-corrected chi connectivity index (χ3v) is 4.80. The summed E-state index contributed by atoms with van der Waals surface area (Å²) < 4.78 is 0. The molecule has 3 aromatic rings. The molecule has 0 saturated carbocycles. The van der Waals surface area contributed by atoms with Gasteiger partial charge in [-0.25, -0.2) is 4.98 Å². The topological polar surface area (TPSA) is 42.0 Å². The predicted molar refractivity (Wildman–Crippen MR) is 101 cm³/mol. The van der Waals surface area contributed by atoms with Gasteiger partial charge in [-0.2, -0.15) is 0 Å². The average molecular weight is 336 g/mol. The Kier molecular flexibility index (Phi) is 4.76. The summed E-state index contributed by atoms with van der Waals surface area (Å²) in [5, 5.41) is 5.81. The molecule has 0 spiro atoms. The van der Waals surface area contributed by atoms with Gasteiger partial charge in [-0.15, -0.1) is 11.3 Å². The predicted octanol–water partition coefficient (Wildman–Crippen LogP) is 4.92. The molecule has 1 heterocycles. The number of benzene rings is 2. The van der Waals surface area contributed by atoms with Crippen molar-refractivity contribution in [1.82, 2.24) is 4.98 Å². The number of amides is 1. The smallest absolute Gasteiger partial charge is 0.231 e. The number of aromatic nitrogens is 1. The van der Waals surface area contributed by atoms with E-state index in [4.69, 9.17) is 0 Å². The highest BCUT2D eigenvalue weighted by molar-refractivity contribution is 7.10. The van der Waals surface area contributed by atoms with Crippen molar-refractivity contribution in [3.05, 3.63) is 69.5 Å². The van der Waals surface area contributed by atoms with Crippen molar-refractivity contribution in [3.63, 3.8) is 0 Å². The molecular weight excluding hydrogens is 316 g/mol. The highest BCUT2D eigenvalue weighted by atomic mass is 32.1. The van der Waals surface area contributed by atoms with Crippen LogP contribution in [0.2, 0.25) is 0 Å². The van der Waals surface area contributed by atoms with Gasteiger partial charge in [0, 0.05) is 16.6 Å². The molecule has 24 heavy (non-hydrogen) atoms. The Bertz CT molecular complexity index is 883. The molecule has 0 aliphatic rings. The zero-order chi connectivity index (χ0) is 17.1. The minimum absolute atomic E-state index is 0.0360. The van der Waals surface area contributed by atoms with Crippen molar-refractivity contribution >= 4 is 22.9 Å².